The van der Waals surface area contributed by atoms with Crippen molar-refractivity contribution in [1.82, 2.24) is 0 Å². The van der Waals surface area contributed by atoms with Crippen molar-refractivity contribution in [3.63, 3.8) is 0 Å². The van der Waals surface area contributed by atoms with Gasteiger partial charge in [-0.25, -0.2) is 0 Å². The standard InChI is InChI=1S/C14H14BrN3/c1-2-16-12-7-9-14(10-8-12)18-17-13-5-3-11(15)4-6-13/h3-10,16H,2H2,1H3/b18-17+. The highest BCUT2D eigenvalue weighted by atomic mass is 79.9. The van der Waals surface area contributed by atoms with Crippen molar-refractivity contribution in [2.24, 2.45) is 10.2 Å². The van der Waals surface area contributed by atoms with Crippen molar-refractivity contribution >= 4 is 33.0 Å². The first-order valence-electron chi connectivity index (χ1n) is 5.79. The number of azo groups is 1. The first-order valence-corrected chi connectivity index (χ1v) is 6.58. The molecule has 0 bridgehead atoms. The molecule has 0 aliphatic rings. The topological polar surface area (TPSA) is 36.8 Å². The molecule has 92 valence electrons. The Morgan fingerprint density at radius 3 is 1.89 bits per heavy atom. The zero-order chi connectivity index (χ0) is 12.8. The minimum Gasteiger partial charge on any atom is -0.385 e. The molecule has 0 atom stereocenters. The quantitative estimate of drug-likeness (QED) is 0.765. The Hall–Kier alpha value is -1.68. The predicted molar refractivity (Wildman–Crippen MR) is 78.9 cm³/mol. The maximum Gasteiger partial charge on any atom is 0.0858 e. The van der Waals surface area contributed by atoms with Crippen LogP contribution in [0.2, 0.25) is 0 Å². The number of nitrogens with one attached hydrogen (secondary N) is 1. The zero-order valence-electron chi connectivity index (χ0n) is 10.1. The van der Waals surface area contributed by atoms with Crippen LogP contribution in [-0.4, -0.2) is 6.54 Å². The summed E-state index contributed by atoms with van der Waals surface area (Å²) in [5.74, 6) is 0. The van der Waals surface area contributed by atoms with Crippen LogP contribution in [0.3, 0.4) is 0 Å². The van der Waals surface area contributed by atoms with Crippen molar-refractivity contribution in [3.05, 3.63) is 53.0 Å². The van der Waals surface area contributed by atoms with E-state index in [0.29, 0.717) is 0 Å². The number of benzene rings is 2. The minimum absolute atomic E-state index is 0.842. The molecule has 3 nitrogen and oxygen atoms in total. The highest BCUT2D eigenvalue weighted by Gasteiger charge is 1.93. The van der Waals surface area contributed by atoms with Crippen LogP contribution < -0.4 is 5.32 Å². The summed E-state index contributed by atoms with van der Waals surface area (Å²) in [5.41, 5.74) is 2.79. The van der Waals surface area contributed by atoms with E-state index in [1.165, 1.54) is 0 Å². The van der Waals surface area contributed by atoms with E-state index in [4.69, 9.17) is 0 Å². The molecule has 0 saturated carbocycles. The summed E-state index contributed by atoms with van der Waals surface area (Å²) in [4.78, 5) is 0. The van der Waals surface area contributed by atoms with Gasteiger partial charge in [0.25, 0.3) is 0 Å². The lowest BCUT2D eigenvalue weighted by atomic mass is 10.3. The molecule has 2 aromatic rings. The van der Waals surface area contributed by atoms with Gasteiger partial charge in [-0.05, 0) is 55.5 Å². The Labute approximate surface area is 115 Å². The Morgan fingerprint density at radius 2 is 1.39 bits per heavy atom. The van der Waals surface area contributed by atoms with Crippen LogP contribution in [0, 0.1) is 0 Å². The molecule has 0 aromatic heterocycles. The smallest absolute Gasteiger partial charge is 0.0858 e. The molecule has 4 heteroatoms. The third-order valence-electron chi connectivity index (χ3n) is 2.36. The number of hydrogen-bond acceptors (Lipinski definition) is 3. The molecule has 0 fully saturated rings. The summed E-state index contributed by atoms with van der Waals surface area (Å²) in [7, 11) is 0. The molecular formula is C14H14BrN3. The van der Waals surface area contributed by atoms with Gasteiger partial charge >= 0.3 is 0 Å². The van der Waals surface area contributed by atoms with Crippen molar-refractivity contribution in [2.45, 2.75) is 6.92 Å². The summed E-state index contributed by atoms with van der Waals surface area (Å²) >= 11 is 3.38. The molecule has 1 N–H and O–H groups in total. The second-order valence-electron chi connectivity index (χ2n) is 3.75. The van der Waals surface area contributed by atoms with Gasteiger partial charge in [0.15, 0.2) is 0 Å². The van der Waals surface area contributed by atoms with Gasteiger partial charge in [0, 0.05) is 16.7 Å². The highest BCUT2D eigenvalue weighted by molar-refractivity contribution is 9.10. The summed E-state index contributed by atoms with van der Waals surface area (Å²) < 4.78 is 1.04. The van der Waals surface area contributed by atoms with E-state index in [1.54, 1.807) is 0 Å². The monoisotopic (exact) mass is 303 g/mol. The Morgan fingerprint density at radius 1 is 0.889 bits per heavy atom. The molecule has 0 unspecified atom stereocenters. The fraction of sp³-hybridized carbons (Fsp3) is 0.143. The lowest BCUT2D eigenvalue weighted by Gasteiger charge is -2.01. The van der Waals surface area contributed by atoms with E-state index in [0.717, 1.165) is 28.1 Å². The molecular weight excluding hydrogens is 290 g/mol. The van der Waals surface area contributed by atoms with E-state index >= 15 is 0 Å². The van der Waals surface area contributed by atoms with E-state index < -0.39 is 0 Å². The van der Waals surface area contributed by atoms with Crippen LogP contribution in [-0.2, 0) is 0 Å². The first kappa shape index (κ1) is 12.8. The lowest BCUT2D eigenvalue weighted by Crippen LogP contribution is -1.94. The van der Waals surface area contributed by atoms with Crippen molar-refractivity contribution < 1.29 is 0 Å². The summed E-state index contributed by atoms with van der Waals surface area (Å²) in [6.07, 6.45) is 0. The van der Waals surface area contributed by atoms with Gasteiger partial charge in [0.05, 0.1) is 11.4 Å². The lowest BCUT2D eigenvalue weighted by molar-refractivity contribution is 1.20. The van der Waals surface area contributed by atoms with E-state index in [1.807, 2.05) is 48.5 Å². The van der Waals surface area contributed by atoms with Gasteiger partial charge < -0.3 is 5.32 Å². The number of rotatable bonds is 4. The van der Waals surface area contributed by atoms with Gasteiger partial charge in [0.1, 0.15) is 0 Å². The van der Waals surface area contributed by atoms with E-state index in [2.05, 4.69) is 38.4 Å². The molecule has 0 amide bonds. The molecule has 0 aliphatic carbocycles. The largest absolute Gasteiger partial charge is 0.385 e. The number of anilines is 1. The highest BCUT2D eigenvalue weighted by Crippen LogP contribution is 2.21. The average molecular weight is 304 g/mol. The van der Waals surface area contributed by atoms with Crippen LogP contribution in [0.1, 0.15) is 6.92 Å². The molecule has 0 spiro atoms. The SMILES string of the molecule is CCNc1ccc(/N=N/c2ccc(Br)cc2)cc1. The molecule has 18 heavy (non-hydrogen) atoms. The van der Waals surface area contributed by atoms with Gasteiger partial charge in [-0.15, -0.1) is 0 Å². The molecule has 0 aliphatic heterocycles. The molecule has 2 rings (SSSR count). The van der Waals surface area contributed by atoms with Crippen molar-refractivity contribution in [1.29, 1.82) is 0 Å². The third kappa shape index (κ3) is 3.67. The fourth-order valence-corrected chi connectivity index (χ4v) is 1.74. The van der Waals surface area contributed by atoms with Gasteiger partial charge in [-0.1, -0.05) is 15.9 Å². The van der Waals surface area contributed by atoms with Crippen LogP contribution in [0.25, 0.3) is 0 Å². The van der Waals surface area contributed by atoms with Crippen LogP contribution in [0.15, 0.2) is 63.2 Å². The van der Waals surface area contributed by atoms with E-state index in [-0.39, 0.29) is 0 Å². The minimum atomic E-state index is 0.842. The second kappa shape index (κ2) is 6.31. The third-order valence-corrected chi connectivity index (χ3v) is 2.88. The van der Waals surface area contributed by atoms with Crippen molar-refractivity contribution in [3.8, 4) is 0 Å². The predicted octanol–water partition coefficient (Wildman–Crippen LogP) is 5.30. The first-order chi connectivity index (χ1) is 8.78. The van der Waals surface area contributed by atoms with Crippen LogP contribution in [0.4, 0.5) is 17.1 Å². The normalized spacial score (nSPS) is 10.8. The average Bonchev–Trinajstić information content (AvgIpc) is 2.40. The van der Waals surface area contributed by atoms with Gasteiger partial charge in [0.2, 0.25) is 0 Å². The molecule has 0 saturated heterocycles. The molecule has 0 heterocycles. The van der Waals surface area contributed by atoms with Gasteiger partial charge in [-0.3, -0.25) is 0 Å². The molecule has 2 aromatic carbocycles. The zero-order valence-corrected chi connectivity index (χ0v) is 11.7. The number of nitrogens with zero attached hydrogens (tertiary/aromatic N) is 2. The molecule has 0 radical (unpaired) electrons. The Balaban J connectivity index is 2.06. The number of hydrogen-bond donors (Lipinski definition) is 1. The summed E-state index contributed by atoms with van der Waals surface area (Å²) in [6, 6.07) is 15.6. The van der Waals surface area contributed by atoms with Crippen molar-refractivity contribution in [2.75, 3.05) is 11.9 Å². The van der Waals surface area contributed by atoms with Crippen LogP contribution in [0.5, 0.6) is 0 Å². The maximum atomic E-state index is 4.19. The Kier molecular flexibility index (Phi) is 4.47. The van der Waals surface area contributed by atoms with Gasteiger partial charge in [-0.2, -0.15) is 10.2 Å². The summed E-state index contributed by atoms with van der Waals surface area (Å²) in [6.45, 7) is 2.99. The Bertz CT molecular complexity index is 518. The van der Waals surface area contributed by atoms with E-state index in [9.17, 15) is 0 Å². The number of halogens is 1. The van der Waals surface area contributed by atoms with Crippen LogP contribution >= 0.6 is 15.9 Å². The second-order valence-corrected chi connectivity index (χ2v) is 4.67. The fourth-order valence-electron chi connectivity index (χ4n) is 1.47. The summed E-state index contributed by atoms with van der Waals surface area (Å²) in [5, 5.41) is 11.6. The maximum absolute atomic E-state index is 4.19.